The first-order valence-electron chi connectivity index (χ1n) is 7.06. The quantitative estimate of drug-likeness (QED) is 0.538. The lowest BCUT2D eigenvalue weighted by Crippen LogP contribution is -2.14. The van der Waals surface area contributed by atoms with E-state index < -0.39 is 0 Å². The van der Waals surface area contributed by atoms with Gasteiger partial charge in [0.25, 0.3) is 5.91 Å². The molecule has 0 fully saturated rings. The number of hydrogen-bond donors (Lipinski definition) is 1. The van der Waals surface area contributed by atoms with Gasteiger partial charge < -0.3 is 5.32 Å². The van der Waals surface area contributed by atoms with Crippen molar-refractivity contribution in [3.05, 3.63) is 79.5 Å². The van der Waals surface area contributed by atoms with Gasteiger partial charge in [-0.1, -0.05) is 47.5 Å². The molecule has 24 heavy (non-hydrogen) atoms. The molecule has 0 spiro atoms. The summed E-state index contributed by atoms with van der Waals surface area (Å²) >= 11 is 14.2. The maximum Gasteiger partial charge on any atom is 0.257 e. The molecule has 0 aliphatic carbocycles. The molecule has 3 rings (SSSR count). The van der Waals surface area contributed by atoms with Crippen LogP contribution in [-0.2, 0) is 6.54 Å². The van der Waals surface area contributed by atoms with E-state index in [1.807, 2.05) is 42.5 Å². The van der Waals surface area contributed by atoms with Crippen molar-refractivity contribution in [2.75, 3.05) is 5.32 Å². The van der Waals surface area contributed by atoms with Crippen LogP contribution in [0.2, 0.25) is 10.0 Å². The highest BCUT2D eigenvalue weighted by Gasteiger charge is 2.14. The minimum atomic E-state index is -0.237. The maximum absolute atomic E-state index is 12.4. The van der Waals surface area contributed by atoms with Gasteiger partial charge in [-0.25, -0.2) is 0 Å². The van der Waals surface area contributed by atoms with E-state index in [1.165, 1.54) is 0 Å². The maximum atomic E-state index is 12.4. The summed E-state index contributed by atoms with van der Waals surface area (Å²) in [5.74, 6) is 0.105. The molecule has 0 unspecified atom stereocenters. The van der Waals surface area contributed by atoms with Gasteiger partial charge in [0.15, 0.2) is 5.82 Å². The van der Waals surface area contributed by atoms with Crippen LogP contribution in [0.3, 0.4) is 0 Å². The lowest BCUT2D eigenvalue weighted by atomic mass is 10.2. The van der Waals surface area contributed by atoms with E-state index >= 15 is 0 Å². The molecule has 7 heteroatoms. The molecule has 0 radical (unpaired) electrons. The van der Waals surface area contributed by atoms with Gasteiger partial charge in [0.2, 0.25) is 0 Å². The van der Waals surface area contributed by atoms with Crippen LogP contribution >= 0.6 is 45.8 Å². The molecule has 4 nitrogen and oxygen atoms in total. The Hall–Kier alpha value is -1.57. The third-order valence-corrected chi connectivity index (χ3v) is 4.79. The number of rotatable bonds is 4. The molecule has 0 saturated heterocycles. The van der Waals surface area contributed by atoms with Crippen LogP contribution in [-0.4, -0.2) is 15.7 Å². The van der Waals surface area contributed by atoms with E-state index in [4.69, 9.17) is 23.2 Å². The van der Waals surface area contributed by atoms with Gasteiger partial charge >= 0.3 is 0 Å². The molecule has 122 valence electrons. The molecule has 1 aromatic heterocycles. The summed E-state index contributed by atoms with van der Waals surface area (Å²) in [6.07, 6.45) is 1.68. The number of aromatic nitrogens is 2. The van der Waals surface area contributed by atoms with Crippen molar-refractivity contribution in [3.8, 4) is 0 Å². The Labute approximate surface area is 162 Å². The average Bonchev–Trinajstić information content (AvgIpc) is 2.89. The SMILES string of the molecule is O=C(Nc1nn(Cc2ccc(Cl)cc2)cc1Cl)c1ccccc1I. The number of nitrogens with zero attached hydrogens (tertiary/aromatic N) is 2. The highest BCUT2D eigenvalue weighted by Crippen LogP contribution is 2.22. The van der Waals surface area contributed by atoms with Gasteiger partial charge in [-0.15, -0.1) is 0 Å². The fraction of sp³-hybridized carbons (Fsp3) is 0.0588. The summed E-state index contributed by atoms with van der Waals surface area (Å²) in [6.45, 7) is 0.537. The third-order valence-electron chi connectivity index (χ3n) is 3.33. The number of carbonyl (C=O) groups is 1. The van der Waals surface area contributed by atoms with Crippen LogP contribution < -0.4 is 5.32 Å². The molecule has 1 heterocycles. The predicted octanol–water partition coefficient (Wildman–Crippen LogP) is 5.10. The van der Waals surface area contributed by atoms with E-state index in [2.05, 4.69) is 33.0 Å². The number of anilines is 1. The molecule has 0 bridgehead atoms. The fourth-order valence-electron chi connectivity index (χ4n) is 2.16. The van der Waals surface area contributed by atoms with E-state index in [0.717, 1.165) is 9.13 Å². The molecular formula is C17H12Cl2IN3O. The Morgan fingerprint density at radius 2 is 1.83 bits per heavy atom. The second-order valence-corrected chi connectivity index (χ2v) is 7.09. The smallest absolute Gasteiger partial charge is 0.257 e. The van der Waals surface area contributed by atoms with E-state index in [9.17, 15) is 4.79 Å². The molecule has 0 aliphatic heterocycles. The van der Waals surface area contributed by atoms with Crippen LogP contribution in [0.5, 0.6) is 0 Å². The lowest BCUT2D eigenvalue weighted by molar-refractivity contribution is 0.102. The molecule has 1 N–H and O–H groups in total. The van der Waals surface area contributed by atoms with Crippen LogP contribution in [0.4, 0.5) is 5.82 Å². The Morgan fingerprint density at radius 1 is 1.12 bits per heavy atom. The molecule has 0 atom stereocenters. The van der Waals surface area contributed by atoms with Gasteiger partial charge in [0.1, 0.15) is 5.02 Å². The van der Waals surface area contributed by atoms with Gasteiger partial charge in [-0.3, -0.25) is 9.48 Å². The number of amides is 1. The summed E-state index contributed by atoms with van der Waals surface area (Å²) in [7, 11) is 0. The largest absolute Gasteiger partial charge is 0.304 e. The summed E-state index contributed by atoms with van der Waals surface area (Å²) in [5, 5.41) is 8.17. The van der Waals surface area contributed by atoms with Crippen LogP contribution in [0, 0.1) is 3.57 Å². The normalized spacial score (nSPS) is 10.6. The van der Waals surface area contributed by atoms with Gasteiger partial charge in [-0.2, -0.15) is 5.10 Å². The van der Waals surface area contributed by atoms with E-state index in [0.29, 0.717) is 28.0 Å². The van der Waals surface area contributed by atoms with Gasteiger partial charge in [0.05, 0.1) is 12.1 Å². The van der Waals surface area contributed by atoms with Crippen molar-refractivity contribution in [1.82, 2.24) is 9.78 Å². The summed E-state index contributed by atoms with van der Waals surface area (Å²) in [6, 6.07) is 14.8. The minimum absolute atomic E-state index is 0.237. The zero-order valence-electron chi connectivity index (χ0n) is 12.3. The molecule has 3 aromatic rings. The summed E-state index contributed by atoms with van der Waals surface area (Å²) in [5.41, 5.74) is 1.62. The first kappa shape index (κ1) is 17.3. The highest BCUT2D eigenvalue weighted by atomic mass is 127. The van der Waals surface area contributed by atoms with Crippen molar-refractivity contribution in [1.29, 1.82) is 0 Å². The number of nitrogens with one attached hydrogen (secondary N) is 1. The van der Waals surface area contributed by atoms with Crippen molar-refractivity contribution >= 4 is 57.5 Å². The summed E-state index contributed by atoms with van der Waals surface area (Å²) in [4.78, 5) is 12.4. The third kappa shape index (κ3) is 4.09. The average molecular weight is 472 g/mol. The molecule has 0 saturated carbocycles. The van der Waals surface area contributed by atoms with Gasteiger partial charge in [0, 0.05) is 14.8 Å². The first-order chi connectivity index (χ1) is 11.5. The second-order valence-electron chi connectivity index (χ2n) is 5.08. The zero-order chi connectivity index (χ0) is 17.1. The monoisotopic (exact) mass is 471 g/mol. The molecule has 2 aromatic carbocycles. The zero-order valence-corrected chi connectivity index (χ0v) is 16.0. The molecule has 1 amide bonds. The van der Waals surface area contributed by atoms with Crippen molar-refractivity contribution in [2.24, 2.45) is 0 Å². The Kier molecular flexibility index (Phi) is 5.43. The predicted molar refractivity (Wildman–Crippen MR) is 105 cm³/mol. The Morgan fingerprint density at radius 3 is 2.54 bits per heavy atom. The van der Waals surface area contributed by atoms with Crippen molar-refractivity contribution in [3.63, 3.8) is 0 Å². The van der Waals surface area contributed by atoms with Crippen LogP contribution in [0.1, 0.15) is 15.9 Å². The number of halogens is 3. The molecular weight excluding hydrogens is 460 g/mol. The van der Waals surface area contributed by atoms with Crippen molar-refractivity contribution in [2.45, 2.75) is 6.54 Å². The van der Waals surface area contributed by atoms with Crippen molar-refractivity contribution < 1.29 is 4.79 Å². The topological polar surface area (TPSA) is 46.9 Å². The first-order valence-corrected chi connectivity index (χ1v) is 8.89. The lowest BCUT2D eigenvalue weighted by Gasteiger charge is -2.05. The Balaban J connectivity index is 1.75. The minimum Gasteiger partial charge on any atom is -0.304 e. The van der Waals surface area contributed by atoms with Crippen LogP contribution in [0.25, 0.3) is 0 Å². The molecule has 0 aliphatic rings. The van der Waals surface area contributed by atoms with Gasteiger partial charge in [-0.05, 0) is 52.4 Å². The summed E-state index contributed by atoms with van der Waals surface area (Å²) < 4.78 is 2.54. The van der Waals surface area contributed by atoms with E-state index in [-0.39, 0.29) is 5.91 Å². The highest BCUT2D eigenvalue weighted by molar-refractivity contribution is 14.1. The number of carbonyl (C=O) groups excluding carboxylic acids is 1. The fourth-order valence-corrected chi connectivity index (χ4v) is 3.12. The standard InChI is InChI=1S/C17H12Cl2IN3O/c18-12-7-5-11(6-8-12)9-23-10-14(19)16(22-23)21-17(24)13-3-1-2-4-15(13)20/h1-8,10H,9H2,(H,21,22,24). The second kappa shape index (κ2) is 7.55. The van der Waals surface area contributed by atoms with Crippen LogP contribution in [0.15, 0.2) is 54.7 Å². The van der Waals surface area contributed by atoms with E-state index in [1.54, 1.807) is 16.9 Å². The number of hydrogen-bond acceptors (Lipinski definition) is 2. The Bertz CT molecular complexity index is 878. The number of benzene rings is 2.